The van der Waals surface area contributed by atoms with E-state index >= 15 is 0 Å². The largest absolute Gasteiger partial charge is 0.480 e. The second-order valence-corrected chi connectivity index (χ2v) is 6.63. The van der Waals surface area contributed by atoms with Gasteiger partial charge in [-0.15, -0.1) is 0 Å². The summed E-state index contributed by atoms with van der Waals surface area (Å²) in [6.07, 6.45) is 4.46. The Morgan fingerprint density at radius 2 is 2.17 bits per heavy atom. The van der Waals surface area contributed by atoms with Crippen molar-refractivity contribution in [1.29, 1.82) is 0 Å². The van der Waals surface area contributed by atoms with E-state index in [2.05, 4.69) is 19.2 Å². The van der Waals surface area contributed by atoms with E-state index in [0.717, 1.165) is 19.4 Å². The predicted octanol–water partition coefficient (Wildman–Crippen LogP) is 1.63. The second-order valence-electron chi connectivity index (χ2n) is 6.63. The number of nitrogens with zero attached hydrogens (tertiary/aromatic N) is 2. The average molecular weight is 343 g/mol. The van der Waals surface area contributed by atoms with E-state index in [1.807, 2.05) is 0 Å². The van der Waals surface area contributed by atoms with Crippen LogP contribution in [0.4, 0.5) is 4.79 Å². The summed E-state index contributed by atoms with van der Waals surface area (Å²) < 4.78 is 5.65. The van der Waals surface area contributed by atoms with E-state index in [1.165, 1.54) is 12.8 Å². The fourth-order valence-corrected chi connectivity index (χ4v) is 2.94. The molecule has 2 atom stereocenters. The Hall–Kier alpha value is -1.34. The van der Waals surface area contributed by atoms with Crippen molar-refractivity contribution in [2.45, 2.75) is 45.6 Å². The van der Waals surface area contributed by atoms with Crippen LogP contribution in [0.5, 0.6) is 0 Å². The summed E-state index contributed by atoms with van der Waals surface area (Å²) in [4.78, 5) is 26.5. The molecule has 0 radical (unpaired) electrons. The van der Waals surface area contributed by atoms with Crippen molar-refractivity contribution in [3.05, 3.63) is 0 Å². The molecule has 0 saturated carbocycles. The number of carbonyl (C=O) groups excluding carboxylic acids is 1. The minimum absolute atomic E-state index is 0.0261. The van der Waals surface area contributed by atoms with Gasteiger partial charge in [0.05, 0.1) is 19.3 Å². The zero-order valence-electron chi connectivity index (χ0n) is 15.3. The average Bonchev–Trinajstić information content (AvgIpc) is 2.54. The molecule has 0 aromatic rings. The van der Waals surface area contributed by atoms with Crippen molar-refractivity contribution < 1.29 is 19.4 Å². The highest BCUT2D eigenvalue weighted by Crippen LogP contribution is 2.12. The monoisotopic (exact) mass is 343 g/mol. The van der Waals surface area contributed by atoms with Crippen molar-refractivity contribution in [2.75, 3.05) is 46.4 Å². The molecule has 0 spiro atoms. The number of urea groups is 1. The van der Waals surface area contributed by atoms with E-state index in [9.17, 15) is 9.59 Å². The molecule has 1 aliphatic heterocycles. The maximum Gasteiger partial charge on any atom is 0.317 e. The van der Waals surface area contributed by atoms with Gasteiger partial charge < -0.3 is 20.1 Å². The highest BCUT2D eigenvalue weighted by Gasteiger charge is 2.25. The van der Waals surface area contributed by atoms with Crippen LogP contribution in [0, 0.1) is 5.92 Å². The molecule has 0 aliphatic carbocycles. The van der Waals surface area contributed by atoms with Gasteiger partial charge >= 0.3 is 12.0 Å². The maximum absolute atomic E-state index is 12.4. The highest BCUT2D eigenvalue weighted by molar-refractivity contribution is 5.74. The predicted molar refractivity (Wildman–Crippen MR) is 93.2 cm³/mol. The number of hydrogen-bond acceptors (Lipinski definition) is 4. The normalized spacial score (nSPS) is 19.3. The summed E-state index contributed by atoms with van der Waals surface area (Å²) in [6.45, 7) is 7.11. The topological polar surface area (TPSA) is 82.1 Å². The van der Waals surface area contributed by atoms with Crippen LogP contribution in [0.25, 0.3) is 0 Å². The van der Waals surface area contributed by atoms with Crippen LogP contribution in [0.3, 0.4) is 0 Å². The molecule has 0 bridgehead atoms. The number of ether oxygens (including phenoxy) is 1. The lowest BCUT2D eigenvalue weighted by Crippen LogP contribution is -2.52. The minimum Gasteiger partial charge on any atom is -0.480 e. The number of morpholine rings is 1. The number of nitrogens with one attached hydrogen (secondary N) is 1. The van der Waals surface area contributed by atoms with Gasteiger partial charge in [-0.1, -0.05) is 33.1 Å². The van der Waals surface area contributed by atoms with E-state index in [-0.39, 0.29) is 18.7 Å². The summed E-state index contributed by atoms with van der Waals surface area (Å²) in [7, 11) is 1.75. The Kier molecular flexibility index (Phi) is 9.71. The standard InChI is InChI=1S/C17H33N3O4/c1-4-6-7-14(5-2)10-18-17(23)20-8-9-24-15(12-20)11-19(3)13-16(21)22/h14-15H,4-13H2,1-3H3,(H,18,23)(H,21,22). The van der Waals surface area contributed by atoms with Crippen LogP contribution in [-0.2, 0) is 9.53 Å². The zero-order chi connectivity index (χ0) is 17.9. The third-order valence-corrected chi connectivity index (χ3v) is 4.43. The lowest BCUT2D eigenvalue weighted by molar-refractivity contribution is -0.138. The first-order chi connectivity index (χ1) is 11.5. The van der Waals surface area contributed by atoms with E-state index < -0.39 is 5.97 Å². The number of hydrogen-bond donors (Lipinski definition) is 2. The number of rotatable bonds is 10. The molecule has 1 fully saturated rings. The zero-order valence-corrected chi connectivity index (χ0v) is 15.3. The smallest absolute Gasteiger partial charge is 0.317 e. The molecule has 2 N–H and O–H groups in total. The van der Waals surface area contributed by atoms with Gasteiger partial charge in [0.1, 0.15) is 0 Å². The van der Waals surface area contributed by atoms with E-state index in [1.54, 1.807) is 16.8 Å². The summed E-state index contributed by atoms with van der Waals surface area (Å²) in [5, 5.41) is 11.8. The first-order valence-electron chi connectivity index (χ1n) is 9.00. The molecule has 7 heteroatoms. The molecule has 1 aliphatic rings. The van der Waals surface area contributed by atoms with Crippen LogP contribution >= 0.6 is 0 Å². The van der Waals surface area contributed by atoms with Gasteiger partial charge in [-0.3, -0.25) is 9.69 Å². The Balaban J connectivity index is 2.37. The molecule has 2 unspecified atom stereocenters. The molecule has 0 aromatic heterocycles. The first-order valence-corrected chi connectivity index (χ1v) is 9.00. The Bertz CT molecular complexity index is 392. The Morgan fingerprint density at radius 3 is 2.79 bits per heavy atom. The summed E-state index contributed by atoms with van der Waals surface area (Å²) in [6, 6.07) is -0.0425. The second kappa shape index (κ2) is 11.3. The van der Waals surface area contributed by atoms with Crippen molar-refractivity contribution in [3.63, 3.8) is 0 Å². The fourth-order valence-electron chi connectivity index (χ4n) is 2.94. The quantitative estimate of drug-likeness (QED) is 0.630. The number of aliphatic carboxylic acids is 1. The van der Waals surface area contributed by atoms with Gasteiger partial charge in [0.2, 0.25) is 0 Å². The minimum atomic E-state index is -0.861. The van der Waals surface area contributed by atoms with Crippen molar-refractivity contribution in [2.24, 2.45) is 5.92 Å². The van der Waals surface area contributed by atoms with Gasteiger partial charge in [-0.05, 0) is 19.4 Å². The van der Waals surface area contributed by atoms with Gasteiger partial charge in [-0.2, -0.15) is 0 Å². The fraction of sp³-hybridized carbons (Fsp3) is 0.882. The SMILES string of the molecule is CCCCC(CC)CNC(=O)N1CCOC(CN(C)CC(=O)O)C1. The first kappa shape index (κ1) is 20.7. The number of carboxylic acids is 1. The van der Waals surface area contributed by atoms with Crippen molar-refractivity contribution in [3.8, 4) is 0 Å². The van der Waals surface area contributed by atoms with Crippen molar-refractivity contribution >= 4 is 12.0 Å². The lowest BCUT2D eigenvalue weighted by Gasteiger charge is -2.34. The molecule has 2 amide bonds. The van der Waals surface area contributed by atoms with Crippen LogP contribution < -0.4 is 5.32 Å². The number of likely N-dealkylation sites (N-methyl/N-ethyl adjacent to an activating group) is 1. The van der Waals surface area contributed by atoms with E-state index in [4.69, 9.17) is 9.84 Å². The molecule has 24 heavy (non-hydrogen) atoms. The summed E-state index contributed by atoms with van der Waals surface area (Å²) >= 11 is 0. The van der Waals surface area contributed by atoms with Gasteiger partial charge in [0.15, 0.2) is 0 Å². The number of carbonyl (C=O) groups is 2. The third-order valence-electron chi connectivity index (χ3n) is 4.43. The van der Waals surface area contributed by atoms with E-state index in [0.29, 0.717) is 32.2 Å². The van der Waals surface area contributed by atoms with Gasteiger partial charge in [0, 0.05) is 26.2 Å². The summed E-state index contributed by atoms with van der Waals surface area (Å²) in [5.41, 5.74) is 0. The molecule has 0 aromatic carbocycles. The number of amides is 2. The lowest BCUT2D eigenvalue weighted by atomic mass is 9.99. The molecule has 1 heterocycles. The van der Waals surface area contributed by atoms with Crippen LogP contribution in [0.2, 0.25) is 0 Å². The highest BCUT2D eigenvalue weighted by atomic mass is 16.5. The number of unbranched alkanes of at least 4 members (excludes halogenated alkanes) is 1. The summed E-state index contributed by atoms with van der Waals surface area (Å²) in [5.74, 6) is -0.326. The molecule has 1 rings (SSSR count). The number of carboxylic acid groups (broad SMARTS) is 1. The maximum atomic E-state index is 12.4. The molecule has 1 saturated heterocycles. The van der Waals surface area contributed by atoms with Gasteiger partial charge in [-0.25, -0.2) is 4.79 Å². The molecular formula is C17H33N3O4. The van der Waals surface area contributed by atoms with Gasteiger partial charge in [0.25, 0.3) is 0 Å². The van der Waals surface area contributed by atoms with Crippen molar-refractivity contribution in [1.82, 2.24) is 15.1 Å². The molecule has 7 nitrogen and oxygen atoms in total. The van der Waals surface area contributed by atoms with Crippen LogP contribution in [0.15, 0.2) is 0 Å². The Morgan fingerprint density at radius 1 is 1.42 bits per heavy atom. The van der Waals surface area contributed by atoms with Crippen LogP contribution in [-0.4, -0.2) is 79.4 Å². The Labute approximate surface area is 145 Å². The molecule has 140 valence electrons. The third kappa shape index (κ3) is 7.97. The molecular weight excluding hydrogens is 310 g/mol. The van der Waals surface area contributed by atoms with Crippen LogP contribution in [0.1, 0.15) is 39.5 Å².